The maximum Gasteiger partial charge on any atom is 0.328 e. The Morgan fingerprint density at radius 1 is 0.756 bits per heavy atom. The zero-order valence-electron chi connectivity index (χ0n) is 22.9. The fraction of sp³-hybridized carbons (Fsp3) is 0.290. The second-order valence-corrected chi connectivity index (χ2v) is 9.37. The van der Waals surface area contributed by atoms with Crippen LogP contribution in [0.2, 0.25) is 0 Å². The fourth-order valence-electron chi connectivity index (χ4n) is 4.36. The zero-order chi connectivity index (χ0) is 28.1. The van der Waals surface area contributed by atoms with Crippen molar-refractivity contribution in [2.45, 2.75) is 13.0 Å². The Kier molecular flexibility index (Phi) is 10.1. The van der Waals surface area contributed by atoms with Crippen LogP contribution in [0.1, 0.15) is 21.5 Å². The van der Waals surface area contributed by atoms with E-state index in [0.29, 0.717) is 62.7 Å². The van der Waals surface area contributed by atoms with Crippen LogP contribution < -0.4 is 20.3 Å². The van der Waals surface area contributed by atoms with Gasteiger partial charge in [-0.2, -0.15) is 15.0 Å². The van der Waals surface area contributed by atoms with Crippen LogP contribution in [-0.2, 0) is 22.4 Å². The van der Waals surface area contributed by atoms with Gasteiger partial charge in [0.25, 0.3) is 5.91 Å². The molecule has 212 valence electrons. The summed E-state index contributed by atoms with van der Waals surface area (Å²) in [5.74, 6) is 1.54. The smallest absolute Gasteiger partial charge is 0.328 e. The molecule has 5 rings (SSSR count). The highest BCUT2D eigenvalue weighted by Crippen LogP contribution is 2.25. The van der Waals surface area contributed by atoms with Crippen molar-refractivity contribution >= 4 is 17.8 Å². The van der Waals surface area contributed by atoms with Crippen molar-refractivity contribution in [3.8, 4) is 11.8 Å². The summed E-state index contributed by atoms with van der Waals surface area (Å²) < 4.78 is 17.2. The van der Waals surface area contributed by atoms with E-state index in [-0.39, 0.29) is 11.9 Å². The van der Waals surface area contributed by atoms with Crippen LogP contribution in [-0.4, -0.2) is 66.9 Å². The van der Waals surface area contributed by atoms with Crippen LogP contribution in [0.25, 0.3) is 0 Å². The van der Waals surface area contributed by atoms with E-state index in [1.54, 1.807) is 12.1 Å². The lowest BCUT2D eigenvalue weighted by atomic mass is 10.0. The monoisotopic (exact) mass is 554 g/mol. The van der Waals surface area contributed by atoms with E-state index in [0.717, 1.165) is 19.5 Å². The Labute approximate surface area is 239 Å². The Hall–Kier alpha value is -4.54. The first-order chi connectivity index (χ1) is 20.2. The molecule has 3 aromatic carbocycles. The van der Waals surface area contributed by atoms with Gasteiger partial charge in [-0.3, -0.25) is 4.79 Å². The summed E-state index contributed by atoms with van der Waals surface area (Å²) in [5.41, 5.74) is 3.26. The third kappa shape index (κ3) is 8.47. The molecule has 0 saturated carbocycles. The first-order valence-electron chi connectivity index (χ1n) is 13.8. The van der Waals surface area contributed by atoms with E-state index in [1.807, 2.05) is 48.5 Å². The van der Waals surface area contributed by atoms with Gasteiger partial charge in [-0.1, -0.05) is 60.7 Å². The molecule has 0 radical (unpaired) electrons. The Morgan fingerprint density at radius 2 is 1.44 bits per heavy atom. The highest BCUT2D eigenvalue weighted by molar-refractivity contribution is 5.94. The molecule has 1 aliphatic heterocycles. The van der Waals surface area contributed by atoms with E-state index in [4.69, 9.17) is 14.2 Å². The van der Waals surface area contributed by atoms with Gasteiger partial charge in [0.05, 0.1) is 26.4 Å². The van der Waals surface area contributed by atoms with Gasteiger partial charge in [0, 0.05) is 31.7 Å². The van der Waals surface area contributed by atoms with Crippen LogP contribution in [0.5, 0.6) is 11.8 Å². The number of rotatable bonds is 14. The van der Waals surface area contributed by atoms with Gasteiger partial charge in [0.15, 0.2) is 0 Å². The molecule has 4 aromatic rings. The van der Waals surface area contributed by atoms with E-state index in [9.17, 15) is 4.79 Å². The van der Waals surface area contributed by atoms with Crippen molar-refractivity contribution < 1.29 is 19.0 Å². The normalized spacial score (nSPS) is 12.4. The molecule has 0 bridgehead atoms. The van der Waals surface area contributed by atoms with Crippen molar-refractivity contribution in [1.29, 1.82) is 0 Å². The van der Waals surface area contributed by atoms with Crippen molar-refractivity contribution in [3.05, 3.63) is 102 Å². The van der Waals surface area contributed by atoms with Gasteiger partial charge in [0.2, 0.25) is 11.9 Å². The number of nitrogens with one attached hydrogen (secondary N) is 2. The minimum Gasteiger partial charge on any atom is -0.424 e. The third-order valence-corrected chi connectivity index (χ3v) is 6.44. The molecule has 1 amide bonds. The molecular weight excluding hydrogens is 520 g/mol. The summed E-state index contributed by atoms with van der Waals surface area (Å²) in [5, 5.41) is 6.06. The van der Waals surface area contributed by atoms with Gasteiger partial charge >= 0.3 is 6.01 Å². The predicted octanol–water partition coefficient (Wildman–Crippen LogP) is 4.10. The van der Waals surface area contributed by atoms with E-state index >= 15 is 0 Å². The van der Waals surface area contributed by atoms with Gasteiger partial charge in [0.1, 0.15) is 5.75 Å². The van der Waals surface area contributed by atoms with Gasteiger partial charge in [-0.25, -0.2) is 0 Å². The van der Waals surface area contributed by atoms with Gasteiger partial charge in [-0.15, -0.1) is 0 Å². The van der Waals surface area contributed by atoms with Crippen LogP contribution >= 0.6 is 0 Å². The molecule has 0 fully saturated rings. The number of carbonyl (C=O) groups excluding carboxylic acids is 1. The molecule has 0 unspecified atom stereocenters. The van der Waals surface area contributed by atoms with Crippen LogP contribution in [0.4, 0.5) is 11.9 Å². The highest BCUT2D eigenvalue weighted by atomic mass is 16.5. The van der Waals surface area contributed by atoms with Crippen molar-refractivity contribution in [1.82, 2.24) is 20.3 Å². The first kappa shape index (κ1) is 28.0. The molecule has 2 heterocycles. The lowest BCUT2D eigenvalue weighted by Crippen LogP contribution is -2.32. The van der Waals surface area contributed by atoms with Crippen LogP contribution in [0.15, 0.2) is 84.9 Å². The summed E-state index contributed by atoms with van der Waals surface area (Å²) >= 11 is 0. The van der Waals surface area contributed by atoms with Crippen molar-refractivity contribution in [2.24, 2.45) is 0 Å². The average molecular weight is 555 g/mol. The summed E-state index contributed by atoms with van der Waals surface area (Å²) in [7, 11) is 0. The number of hydrogen-bond acceptors (Lipinski definition) is 9. The van der Waals surface area contributed by atoms with Gasteiger partial charge in [-0.05, 0) is 41.8 Å². The standard InChI is InChI=1S/C31H34N6O4/c38-28(25-10-3-1-4-11-25)32-16-19-39-21-22-40-20-17-33-29-34-30(36-31(35-29)41-27-13-5-2-6-14-27)37-18-15-24-9-7-8-12-26(24)23-37/h1-14H,15-23H2,(H,32,38)(H,33,34,35,36). The van der Waals surface area contributed by atoms with Crippen molar-refractivity contribution in [2.75, 3.05) is 56.3 Å². The largest absolute Gasteiger partial charge is 0.424 e. The average Bonchev–Trinajstić information content (AvgIpc) is 3.02. The molecule has 10 nitrogen and oxygen atoms in total. The molecule has 1 aliphatic rings. The number of fused-ring (bicyclic) bond motifs is 1. The lowest BCUT2D eigenvalue weighted by molar-refractivity contribution is 0.0519. The number of anilines is 2. The van der Waals surface area contributed by atoms with Crippen molar-refractivity contribution in [3.63, 3.8) is 0 Å². The Balaban J connectivity index is 1.07. The summed E-state index contributed by atoms with van der Waals surface area (Å²) in [6, 6.07) is 27.2. The minimum atomic E-state index is -0.111. The number of hydrogen-bond donors (Lipinski definition) is 2. The molecule has 41 heavy (non-hydrogen) atoms. The summed E-state index contributed by atoms with van der Waals surface area (Å²) in [4.78, 5) is 27.9. The maximum absolute atomic E-state index is 12.0. The molecule has 0 saturated heterocycles. The van der Waals surface area contributed by atoms with E-state index in [2.05, 4.69) is 54.8 Å². The lowest BCUT2D eigenvalue weighted by Gasteiger charge is -2.29. The predicted molar refractivity (Wildman–Crippen MR) is 156 cm³/mol. The number of ether oxygens (including phenoxy) is 3. The number of nitrogens with zero attached hydrogens (tertiary/aromatic N) is 4. The molecule has 0 aliphatic carbocycles. The Morgan fingerprint density at radius 3 is 2.22 bits per heavy atom. The number of para-hydroxylation sites is 1. The summed E-state index contributed by atoms with van der Waals surface area (Å²) in [6.07, 6.45) is 0.925. The first-order valence-corrected chi connectivity index (χ1v) is 13.8. The fourth-order valence-corrected chi connectivity index (χ4v) is 4.36. The molecular formula is C31H34N6O4. The van der Waals surface area contributed by atoms with Crippen LogP contribution in [0.3, 0.4) is 0 Å². The number of aromatic nitrogens is 3. The van der Waals surface area contributed by atoms with E-state index in [1.165, 1.54) is 11.1 Å². The third-order valence-electron chi connectivity index (χ3n) is 6.44. The molecule has 10 heteroatoms. The molecule has 1 aromatic heterocycles. The molecule has 2 N–H and O–H groups in total. The number of amides is 1. The highest BCUT2D eigenvalue weighted by Gasteiger charge is 2.20. The summed E-state index contributed by atoms with van der Waals surface area (Å²) in [6.45, 7) is 4.21. The van der Waals surface area contributed by atoms with Gasteiger partial charge < -0.3 is 29.7 Å². The zero-order valence-corrected chi connectivity index (χ0v) is 22.9. The van der Waals surface area contributed by atoms with Crippen LogP contribution in [0, 0.1) is 0 Å². The number of carbonyl (C=O) groups is 1. The number of benzene rings is 3. The Bertz CT molecular complexity index is 1390. The minimum absolute atomic E-state index is 0.111. The van der Waals surface area contributed by atoms with E-state index < -0.39 is 0 Å². The second-order valence-electron chi connectivity index (χ2n) is 9.37. The molecule has 0 spiro atoms. The molecule has 0 atom stereocenters. The topological polar surface area (TPSA) is 111 Å². The maximum atomic E-state index is 12.0. The SMILES string of the molecule is O=C(NCCOCCOCCNc1nc(Oc2ccccc2)nc(N2CCc3ccccc3C2)n1)c1ccccc1. The quantitative estimate of drug-likeness (QED) is 0.223. The second kappa shape index (κ2) is 14.7.